The Balaban J connectivity index is 2.82. The maximum atomic E-state index is 8.41. The summed E-state index contributed by atoms with van der Waals surface area (Å²) in [6.45, 7) is 3.89. The van der Waals surface area contributed by atoms with Crippen LogP contribution in [0.5, 0.6) is 0 Å². The van der Waals surface area contributed by atoms with E-state index in [1.807, 2.05) is 23.7 Å². The van der Waals surface area contributed by atoms with Crippen LogP contribution in [0.25, 0.3) is 5.57 Å². The van der Waals surface area contributed by atoms with Crippen molar-refractivity contribution in [1.82, 2.24) is 10.5 Å². The molecule has 1 rings (SSSR count). The number of hydrogen-bond acceptors (Lipinski definition) is 4. The Kier molecular flexibility index (Phi) is 4.82. The zero-order chi connectivity index (χ0) is 11.8. The first-order valence-electron chi connectivity index (χ1n) is 4.70. The second-order valence-electron chi connectivity index (χ2n) is 2.95. The lowest BCUT2D eigenvalue weighted by atomic mass is 10.1. The van der Waals surface area contributed by atoms with Crippen LogP contribution in [-0.4, -0.2) is 17.3 Å². The highest BCUT2D eigenvalue weighted by Gasteiger charge is 1.98. The molecule has 1 aromatic heterocycles. The number of rotatable bonds is 5. The van der Waals surface area contributed by atoms with Gasteiger partial charge in [0.05, 0.1) is 12.8 Å². The van der Waals surface area contributed by atoms with E-state index in [0.717, 1.165) is 11.3 Å². The van der Waals surface area contributed by atoms with Crippen LogP contribution in [0, 0.1) is 0 Å². The van der Waals surface area contributed by atoms with Crippen molar-refractivity contribution in [3.8, 4) is 0 Å². The van der Waals surface area contributed by atoms with E-state index in [1.54, 1.807) is 25.5 Å². The van der Waals surface area contributed by atoms with Crippen LogP contribution in [-0.2, 0) is 4.74 Å². The summed E-state index contributed by atoms with van der Waals surface area (Å²) < 4.78 is 5.08. The molecule has 0 saturated carbocycles. The molecule has 0 aromatic carbocycles. The number of nitrogens with one attached hydrogen (secondary N) is 1. The molecule has 0 aliphatic carbocycles. The minimum Gasteiger partial charge on any atom is -0.497 e. The monoisotopic (exact) mass is 218 g/mol. The van der Waals surface area contributed by atoms with E-state index < -0.39 is 0 Å². The van der Waals surface area contributed by atoms with Gasteiger partial charge in [0.1, 0.15) is 5.76 Å². The summed E-state index contributed by atoms with van der Waals surface area (Å²) in [4.78, 5) is 4.16. The van der Waals surface area contributed by atoms with Crippen LogP contribution in [0.15, 0.2) is 55.1 Å². The molecule has 0 radical (unpaired) electrons. The van der Waals surface area contributed by atoms with Crippen molar-refractivity contribution < 1.29 is 9.94 Å². The molecular weight excluding hydrogens is 204 g/mol. The molecule has 2 N–H and O–H groups in total. The number of methoxy groups -OCH3 is 1. The number of nitrogens with zero attached hydrogens (tertiary/aromatic N) is 1. The minimum atomic E-state index is 0.567. The number of hydrogen-bond donors (Lipinski definition) is 2. The molecule has 0 aliphatic heterocycles. The molecule has 0 bridgehead atoms. The first-order valence-corrected chi connectivity index (χ1v) is 4.70. The van der Waals surface area contributed by atoms with Crippen LogP contribution < -0.4 is 5.48 Å². The van der Waals surface area contributed by atoms with Crippen molar-refractivity contribution in [2.24, 2.45) is 0 Å². The van der Waals surface area contributed by atoms with Crippen molar-refractivity contribution in [3.63, 3.8) is 0 Å². The molecule has 4 heteroatoms. The van der Waals surface area contributed by atoms with Gasteiger partial charge in [-0.25, -0.2) is 0 Å². The van der Waals surface area contributed by atoms with Crippen molar-refractivity contribution in [2.75, 3.05) is 7.11 Å². The van der Waals surface area contributed by atoms with Crippen LogP contribution in [0.4, 0.5) is 0 Å². The van der Waals surface area contributed by atoms with Gasteiger partial charge >= 0.3 is 0 Å². The predicted octanol–water partition coefficient (Wildman–Crippen LogP) is 2.12. The van der Waals surface area contributed by atoms with E-state index in [1.165, 1.54) is 6.20 Å². The third-order valence-electron chi connectivity index (χ3n) is 1.87. The lowest BCUT2D eigenvalue weighted by molar-refractivity contribution is 0.213. The summed E-state index contributed by atoms with van der Waals surface area (Å²) in [6.07, 6.45) is 6.36. The Morgan fingerprint density at radius 1 is 1.56 bits per heavy atom. The van der Waals surface area contributed by atoms with E-state index in [4.69, 9.17) is 9.94 Å². The summed E-state index contributed by atoms with van der Waals surface area (Å²) in [5.74, 6) is 0.567. The highest BCUT2D eigenvalue weighted by Crippen LogP contribution is 2.13. The van der Waals surface area contributed by atoms with Gasteiger partial charge in [0.2, 0.25) is 0 Å². The van der Waals surface area contributed by atoms with Gasteiger partial charge in [-0.3, -0.25) is 15.7 Å². The van der Waals surface area contributed by atoms with Crippen LogP contribution in [0.3, 0.4) is 0 Å². The standard InChI is InChI=1S/C12H14N2O2/c1-10(12-5-3-4-7-13-12)9-11(16-2)6-8-14-15/h3-9,14-15H,1H2,2H3/b8-6-,11-9+. The van der Waals surface area contributed by atoms with Crippen molar-refractivity contribution in [3.05, 3.63) is 60.8 Å². The number of ether oxygens (including phenoxy) is 1. The fourth-order valence-electron chi connectivity index (χ4n) is 1.09. The largest absolute Gasteiger partial charge is 0.497 e. The smallest absolute Gasteiger partial charge is 0.121 e. The molecule has 0 amide bonds. The molecular formula is C12H14N2O2. The third kappa shape index (κ3) is 3.59. The molecule has 4 nitrogen and oxygen atoms in total. The Bertz CT molecular complexity index is 397. The van der Waals surface area contributed by atoms with Gasteiger partial charge in [-0.05, 0) is 29.9 Å². The minimum absolute atomic E-state index is 0.567. The maximum absolute atomic E-state index is 8.41. The second-order valence-corrected chi connectivity index (χ2v) is 2.95. The van der Waals surface area contributed by atoms with Gasteiger partial charge in [-0.2, -0.15) is 0 Å². The fourth-order valence-corrected chi connectivity index (χ4v) is 1.09. The van der Waals surface area contributed by atoms with E-state index >= 15 is 0 Å². The van der Waals surface area contributed by atoms with Gasteiger partial charge in [0.15, 0.2) is 0 Å². The van der Waals surface area contributed by atoms with Crippen LogP contribution in [0.1, 0.15) is 5.69 Å². The zero-order valence-electron chi connectivity index (χ0n) is 9.05. The number of aromatic nitrogens is 1. The summed E-state index contributed by atoms with van der Waals surface area (Å²) >= 11 is 0. The lowest BCUT2D eigenvalue weighted by Crippen LogP contribution is -1.94. The summed E-state index contributed by atoms with van der Waals surface area (Å²) in [5, 5.41) is 8.41. The molecule has 16 heavy (non-hydrogen) atoms. The average molecular weight is 218 g/mol. The van der Waals surface area contributed by atoms with Crippen molar-refractivity contribution in [2.45, 2.75) is 0 Å². The van der Waals surface area contributed by atoms with Gasteiger partial charge in [0, 0.05) is 12.4 Å². The van der Waals surface area contributed by atoms with Crippen LogP contribution >= 0.6 is 0 Å². The molecule has 0 unspecified atom stereocenters. The Labute approximate surface area is 94.5 Å². The second kappa shape index (κ2) is 6.42. The molecule has 1 heterocycles. The van der Waals surface area contributed by atoms with E-state index in [0.29, 0.717) is 5.76 Å². The van der Waals surface area contributed by atoms with Gasteiger partial charge in [-0.15, -0.1) is 0 Å². The Hall–Kier alpha value is -2.07. The molecule has 84 valence electrons. The molecule has 0 spiro atoms. The average Bonchev–Trinajstić information content (AvgIpc) is 2.35. The normalized spacial score (nSPS) is 11.5. The van der Waals surface area contributed by atoms with E-state index in [2.05, 4.69) is 11.6 Å². The Morgan fingerprint density at radius 2 is 2.38 bits per heavy atom. The lowest BCUT2D eigenvalue weighted by Gasteiger charge is -2.02. The summed E-state index contributed by atoms with van der Waals surface area (Å²) in [7, 11) is 1.54. The third-order valence-corrected chi connectivity index (χ3v) is 1.87. The number of allylic oxidation sites excluding steroid dienone is 3. The molecule has 0 saturated heterocycles. The number of pyridine rings is 1. The zero-order valence-corrected chi connectivity index (χ0v) is 9.05. The van der Waals surface area contributed by atoms with E-state index in [-0.39, 0.29) is 0 Å². The van der Waals surface area contributed by atoms with E-state index in [9.17, 15) is 0 Å². The van der Waals surface area contributed by atoms with Gasteiger partial charge < -0.3 is 4.74 Å². The van der Waals surface area contributed by atoms with Crippen molar-refractivity contribution in [1.29, 1.82) is 0 Å². The highest BCUT2D eigenvalue weighted by molar-refractivity contribution is 5.70. The first kappa shape index (κ1) is 12.0. The van der Waals surface area contributed by atoms with Crippen molar-refractivity contribution >= 4 is 5.57 Å². The molecule has 0 aliphatic rings. The molecule has 0 fully saturated rings. The first-order chi connectivity index (χ1) is 7.77. The van der Waals surface area contributed by atoms with Gasteiger partial charge in [0.25, 0.3) is 0 Å². The summed E-state index contributed by atoms with van der Waals surface area (Å²) in [5.41, 5.74) is 3.41. The highest BCUT2D eigenvalue weighted by atomic mass is 16.5. The predicted molar refractivity (Wildman–Crippen MR) is 62.4 cm³/mol. The number of hydroxylamine groups is 1. The molecule has 0 atom stereocenters. The summed E-state index contributed by atoms with van der Waals surface area (Å²) in [6, 6.07) is 5.59. The maximum Gasteiger partial charge on any atom is 0.121 e. The quantitative estimate of drug-likeness (QED) is 0.451. The Morgan fingerprint density at radius 3 is 2.94 bits per heavy atom. The SMILES string of the molecule is C=C(/C=C(\C=C/NO)OC)c1ccccn1. The van der Waals surface area contributed by atoms with Gasteiger partial charge in [-0.1, -0.05) is 12.6 Å². The topological polar surface area (TPSA) is 54.4 Å². The van der Waals surface area contributed by atoms with Crippen LogP contribution in [0.2, 0.25) is 0 Å². The molecule has 1 aromatic rings. The fraction of sp³-hybridized carbons (Fsp3) is 0.0833.